The molecule has 144 valence electrons. The molecule has 5 nitrogen and oxygen atoms in total. The fourth-order valence-electron chi connectivity index (χ4n) is 3.62. The zero-order valence-electron chi connectivity index (χ0n) is 16.3. The van der Waals surface area contributed by atoms with Gasteiger partial charge in [-0.3, -0.25) is 4.90 Å². The highest BCUT2D eigenvalue weighted by Crippen LogP contribution is 2.21. The minimum absolute atomic E-state index is 0.201. The summed E-state index contributed by atoms with van der Waals surface area (Å²) in [6.45, 7) is 7.22. The third-order valence-corrected chi connectivity index (χ3v) is 5.26. The normalized spacial score (nSPS) is 16.0. The van der Waals surface area contributed by atoms with Crippen molar-refractivity contribution in [3.8, 4) is 0 Å². The lowest BCUT2D eigenvalue weighted by Crippen LogP contribution is -2.46. The van der Waals surface area contributed by atoms with Crippen LogP contribution < -0.4 is 10.2 Å². The minimum atomic E-state index is 0.201. The van der Waals surface area contributed by atoms with Gasteiger partial charge in [0.2, 0.25) is 0 Å². The van der Waals surface area contributed by atoms with Gasteiger partial charge in [0.05, 0.1) is 0 Å². The maximum absolute atomic E-state index is 4.51. The molecule has 1 atom stereocenters. The lowest BCUT2D eigenvalue weighted by molar-refractivity contribution is 0.249. The average Bonchev–Trinajstić information content (AvgIpc) is 2.76. The Labute approximate surface area is 167 Å². The minimum Gasteiger partial charge on any atom is -0.363 e. The van der Waals surface area contributed by atoms with Crippen molar-refractivity contribution >= 4 is 11.6 Å². The molecule has 1 N–H and O–H groups in total. The predicted octanol–water partition coefficient (Wildman–Crippen LogP) is 3.97. The van der Waals surface area contributed by atoms with Crippen molar-refractivity contribution < 1.29 is 0 Å². The number of rotatable bonds is 6. The Morgan fingerprint density at radius 1 is 0.893 bits per heavy atom. The van der Waals surface area contributed by atoms with Crippen LogP contribution >= 0.6 is 0 Å². The topological polar surface area (TPSA) is 44.3 Å². The fraction of sp³-hybridized carbons (Fsp3) is 0.304. The molecule has 1 aromatic heterocycles. The number of nitrogens with one attached hydrogen (secondary N) is 1. The van der Waals surface area contributed by atoms with Crippen LogP contribution in [0.5, 0.6) is 0 Å². The zero-order valence-corrected chi connectivity index (χ0v) is 16.3. The van der Waals surface area contributed by atoms with E-state index < -0.39 is 0 Å². The molecule has 3 aromatic rings. The largest absolute Gasteiger partial charge is 0.363 e. The van der Waals surface area contributed by atoms with Gasteiger partial charge in [-0.1, -0.05) is 60.7 Å². The van der Waals surface area contributed by atoms with Crippen molar-refractivity contribution in [2.24, 2.45) is 0 Å². The van der Waals surface area contributed by atoms with Crippen LogP contribution in [0.1, 0.15) is 24.1 Å². The summed E-state index contributed by atoms with van der Waals surface area (Å²) >= 11 is 0. The molecular formula is C23H27N5. The molecule has 5 heteroatoms. The molecule has 1 aliphatic heterocycles. The second-order valence-electron chi connectivity index (χ2n) is 7.29. The molecule has 0 saturated carbocycles. The maximum atomic E-state index is 4.51. The van der Waals surface area contributed by atoms with Crippen LogP contribution in [0, 0.1) is 0 Å². The molecule has 1 saturated heterocycles. The van der Waals surface area contributed by atoms with Gasteiger partial charge in [0.15, 0.2) is 0 Å². The molecule has 1 aliphatic rings. The van der Waals surface area contributed by atoms with Crippen molar-refractivity contribution in [1.29, 1.82) is 0 Å². The van der Waals surface area contributed by atoms with Gasteiger partial charge in [-0.05, 0) is 18.1 Å². The van der Waals surface area contributed by atoms with Gasteiger partial charge < -0.3 is 10.2 Å². The standard InChI is InChI=1S/C23H27N5/c1-19(21-10-6-3-7-11-21)26-22-16-23(25-18-24-22)28-14-12-27(13-15-28)17-20-8-4-2-5-9-20/h2-11,16,18-19H,12-15,17H2,1H3,(H,24,25,26). The second-order valence-corrected chi connectivity index (χ2v) is 7.29. The van der Waals surface area contributed by atoms with E-state index in [1.807, 2.05) is 6.07 Å². The lowest BCUT2D eigenvalue weighted by atomic mass is 10.1. The number of hydrogen-bond donors (Lipinski definition) is 1. The van der Waals surface area contributed by atoms with Gasteiger partial charge >= 0.3 is 0 Å². The highest BCUT2D eigenvalue weighted by molar-refractivity contribution is 5.49. The molecule has 2 heterocycles. The highest BCUT2D eigenvalue weighted by atomic mass is 15.3. The van der Waals surface area contributed by atoms with E-state index in [1.165, 1.54) is 11.1 Å². The Morgan fingerprint density at radius 2 is 1.57 bits per heavy atom. The first-order chi connectivity index (χ1) is 13.8. The van der Waals surface area contributed by atoms with Gasteiger partial charge in [-0.2, -0.15) is 0 Å². The molecule has 1 fully saturated rings. The summed E-state index contributed by atoms with van der Waals surface area (Å²) in [4.78, 5) is 13.8. The quantitative estimate of drug-likeness (QED) is 0.708. The van der Waals surface area contributed by atoms with Gasteiger partial charge in [-0.15, -0.1) is 0 Å². The van der Waals surface area contributed by atoms with Crippen LogP contribution in [0.3, 0.4) is 0 Å². The first-order valence-electron chi connectivity index (χ1n) is 9.93. The molecule has 1 unspecified atom stereocenters. The van der Waals surface area contributed by atoms with E-state index in [4.69, 9.17) is 0 Å². The highest BCUT2D eigenvalue weighted by Gasteiger charge is 2.18. The van der Waals surface area contributed by atoms with Gasteiger partial charge in [0.25, 0.3) is 0 Å². The molecule has 0 aliphatic carbocycles. The Kier molecular flexibility index (Phi) is 5.83. The molecule has 2 aromatic carbocycles. The summed E-state index contributed by atoms with van der Waals surface area (Å²) in [5, 5.41) is 3.49. The molecular weight excluding hydrogens is 346 g/mol. The van der Waals surface area contributed by atoms with E-state index in [2.05, 4.69) is 92.7 Å². The summed E-state index contributed by atoms with van der Waals surface area (Å²) < 4.78 is 0. The lowest BCUT2D eigenvalue weighted by Gasteiger charge is -2.35. The number of benzene rings is 2. The summed E-state index contributed by atoms with van der Waals surface area (Å²) in [7, 11) is 0. The van der Waals surface area contributed by atoms with Crippen LogP contribution in [-0.4, -0.2) is 41.0 Å². The first-order valence-corrected chi connectivity index (χ1v) is 9.93. The van der Waals surface area contributed by atoms with Crippen molar-refractivity contribution in [3.05, 3.63) is 84.2 Å². The Morgan fingerprint density at radius 3 is 2.29 bits per heavy atom. The van der Waals surface area contributed by atoms with Crippen LogP contribution in [-0.2, 0) is 6.54 Å². The van der Waals surface area contributed by atoms with Gasteiger partial charge in [0, 0.05) is 44.8 Å². The smallest absolute Gasteiger partial charge is 0.134 e. The van der Waals surface area contributed by atoms with Gasteiger partial charge in [0.1, 0.15) is 18.0 Å². The fourth-order valence-corrected chi connectivity index (χ4v) is 3.62. The molecule has 28 heavy (non-hydrogen) atoms. The monoisotopic (exact) mass is 373 g/mol. The van der Waals surface area contributed by atoms with E-state index in [0.717, 1.165) is 44.4 Å². The average molecular weight is 374 g/mol. The van der Waals surface area contributed by atoms with Crippen molar-refractivity contribution in [3.63, 3.8) is 0 Å². The summed E-state index contributed by atoms with van der Waals surface area (Å²) in [5.41, 5.74) is 2.62. The molecule has 0 amide bonds. The Bertz CT molecular complexity index is 860. The van der Waals surface area contributed by atoms with Crippen molar-refractivity contribution in [2.45, 2.75) is 19.5 Å². The molecule has 0 spiro atoms. The molecule has 0 radical (unpaired) electrons. The van der Waals surface area contributed by atoms with E-state index in [9.17, 15) is 0 Å². The third-order valence-electron chi connectivity index (χ3n) is 5.26. The Hall–Kier alpha value is -2.92. The summed E-state index contributed by atoms with van der Waals surface area (Å²) in [5.74, 6) is 1.87. The van der Waals surface area contributed by atoms with E-state index in [0.29, 0.717) is 0 Å². The number of hydrogen-bond acceptors (Lipinski definition) is 5. The number of anilines is 2. The predicted molar refractivity (Wildman–Crippen MR) is 114 cm³/mol. The van der Waals surface area contributed by atoms with E-state index >= 15 is 0 Å². The number of nitrogens with zero attached hydrogens (tertiary/aromatic N) is 4. The summed E-state index contributed by atoms with van der Waals surface area (Å²) in [6, 6.07) is 23.4. The SMILES string of the molecule is CC(Nc1cc(N2CCN(Cc3ccccc3)CC2)ncn1)c1ccccc1. The third kappa shape index (κ3) is 4.67. The Balaban J connectivity index is 1.35. The number of piperazine rings is 1. The number of aromatic nitrogens is 2. The van der Waals surface area contributed by atoms with Crippen LogP contribution in [0.4, 0.5) is 11.6 Å². The first kappa shape index (κ1) is 18.4. The van der Waals surface area contributed by atoms with Crippen LogP contribution in [0.25, 0.3) is 0 Å². The van der Waals surface area contributed by atoms with Crippen molar-refractivity contribution in [2.75, 3.05) is 36.4 Å². The van der Waals surface area contributed by atoms with E-state index in [-0.39, 0.29) is 6.04 Å². The van der Waals surface area contributed by atoms with Crippen LogP contribution in [0.2, 0.25) is 0 Å². The zero-order chi connectivity index (χ0) is 19.2. The summed E-state index contributed by atoms with van der Waals surface area (Å²) in [6.07, 6.45) is 1.66. The van der Waals surface area contributed by atoms with Crippen molar-refractivity contribution in [1.82, 2.24) is 14.9 Å². The van der Waals surface area contributed by atoms with Crippen LogP contribution in [0.15, 0.2) is 73.1 Å². The van der Waals surface area contributed by atoms with E-state index in [1.54, 1.807) is 6.33 Å². The van der Waals surface area contributed by atoms with Gasteiger partial charge in [-0.25, -0.2) is 9.97 Å². The molecule has 0 bridgehead atoms. The molecule has 4 rings (SSSR count). The maximum Gasteiger partial charge on any atom is 0.134 e. The second kappa shape index (κ2) is 8.85.